The SMILES string of the molecule is CN=C(NCCCCc1nc(C)cs1)N1CC2CCCCC2C1.I. The lowest BCUT2D eigenvalue weighted by atomic mass is 9.82. The minimum atomic E-state index is 0. The molecule has 2 unspecified atom stereocenters. The van der Waals surface area contributed by atoms with E-state index in [1.54, 1.807) is 11.3 Å². The highest BCUT2D eigenvalue weighted by Crippen LogP contribution is 2.35. The van der Waals surface area contributed by atoms with E-state index in [4.69, 9.17) is 0 Å². The van der Waals surface area contributed by atoms with Crippen LogP contribution in [0.1, 0.15) is 49.2 Å². The topological polar surface area (TPSA) is 40.5 Å². The van der Waals surface area contributed by atoms with E-state index in [0.717, 1.165) is 36.5 Å². The minimum absolute atomic E-state index is 0. The number of thiazole rings is 1. The second-order valence-corrected chi connectivity index (χ2v) is 7.97. The Labute approximate surface area is 167 Å². The Morgan fingerprint density at radius 1 is 1.29 bits per heavy atom. The zero-order valence-electron chi connectivity index (χ0n) is 15.0. The Bertz CT molecular complexity index is 517. The molecule has 3 rings (SSSR count). The number of halogens is 1. The third-order valence-corrected chi connectivity index (χ3v) is 6.28. The molecule has 2 aliphatic rings. The Balaban J connectivity index is 0.00000208. The zero-order valence-corrected chi connectivity index (χ0v) is 18.1. The van der Waals surface area contributed by atoms with E-state index in [1.165, 1.54) is 56.6 Å². The lowest BCUT2D eigenvalue weighted by Crippen LogP contribution is -2.40. The monoisotopic (exact) mass is 462 g/mol. The fourth-order valence-corrected chi connectivity index (χ4v) is 4.85. The molecule has 2 fully saturated rings. The maximum Gasteiger partial charge on any atom is 0.193 e. The van der Waals surface area contributed by atoms with Crippen LogP contribution in [0.15, 0.2) is 10.4 Å². The van der Waals surface area contributed by atoms with Crippen molar-refractivity contribution in [2.45, 2.75) is 51.9 Å². The van der Waals surface area contributed by atoms with E-state index in [1.807, 2.05) is 7.05 Å². The van der Waals surface area contributed by atoms with Crippen LogP contribution in [0.5, 0.6) is 0 Å². The number of hydrogen-bond donors (Lipinski definition) is 1. The predicted octanol–water partition coefficient (Wildman–Crippen LogP) is 4.09. The van der Waals surface area contributed by atoms with Gasteiger partial charge in [0.1, 0.15) is 0 Å². The molecule has 0 amide bonds. The quantitative estimate of drug-likeness (QED) is 0.310. The van der Waals surface area contributed by atoms with Crippen molar-refractivity contribution in [2.75, 3.05) is 26.7 Å². The van der Waals surface area contributed by atoms with Crippen LogP contribution in [0.3, 0.4) is 0 Å². The van der Waals surface area contributed by atoms with Crippen LogP contribution < -0.4 is 5.32 Å². The first-order chi connectivity index (χ1) is 11.3. The average molecular weight is 462 g/mol. The van der Waals surface area contributed by atoms with Gasteiger partial charge in [0.15, 0.2) is 5.96 Å². The summed E-state index contributed by atoms with van der Waals surface area (Å²) in [6.07, 6.45) is 9.18. The van der Waals surface area contributed by atoms with Gasteiger partial charge in [-0.25, -0.2) is 4.98 Å². The summed E-state index contributed by atoms with van der Waals surface area (Å²) in [6.45, 7) is 5.51. The van der Waals surface area contributed by atoms with E-state index in [-0.39, 0.29) is 24.0 Å². The van der Waals surface area contributed by atoms with Gasteiger partial charge in [0.05, 0.1) is 5.01 Å². The average Bonchev–Trinajstić information content (AvgIpc) is 3.16. The fraction of sp³-hybridized carbons (Fsp3) is 0.778. The molecule has 0 bridgehead atoms. The Morgan fingerprint density at radius 3 is 2.58 bits per heavy atom. The van der Waals surface area contributed by atoms with Gasteiger partial charge in [0.25, 0.3) is 0 Å². The molecule has 1 aromatic rings. The van der Waals surface area contributed by atoms with E-state index in [9.17, 15) is 0 Å². The first kappa shape index (κ1) is 19.9. The maximum atomic E-state index is 4.53. The molecule has 4 nitrogen and oxygen atoms in total. The second kappa shape index (κ2) is 9.94. The van der Waals surface area contributed by atoms with E-state index >= 15 is 0 Å². The Morgan fingerprint density at radius 2 is 2.00 bits per heavy atom. The highest BCUT2D eigenvalue weighted by Gasteiger charge is 2.35. The van der Waals surface area contributed by atoms with Gasteiger partial charge < -0.3 is 10.2 Å². The number of fused-ring (bicyclic) bond motifs is 1. The Kier molecular flexibility index (Phi) is 8.27. The summed E-state index contributed by atoms with van der Waals surface area (Å²) in [7, 11) is 1.92. The lowest BCUT2D eigenvalue weighted by Gasteiger charge is -2.22. The number of aryl methyl sites for hydroxylation is 2. The standard InChI is InChI=1S/C18H30N4S.HI/c1-14-13-23-17(21-14)9-5-6-10-20-18(19-2)22-11-15-7-3-4-8-16(15)12-22;/h13,15-16H,3-12H2,1-2H3,(H,19,20);1H. The van der Waals surface area contributed by atoms with Gasteiger partial charge >= 0.3 is 0 Å². The van der Waals surface area contributed by atoms with E-state index in [2.05, 4.69) is 32.5 Å². The molecule has 1 N–H and O–H groups in total. The zero-order chi connectivity index (χ0) is 16.1. The normalized spacial score (nSPS) is 23.8. The van der Waals surface area contributed by atoms with Crippen LogP contribution in [-0.2, 0) is 6.42 Å². The van der Waals surface area contributed by atoms with Crippen LogP contribution in [0.2, 0.25) is 0 Å². The fourth-order valence-electron chi connectivity index (χ4n) is 4.03. The number of nitrogens with zero attached hydrogens (tertiary/aromatic N) is 3. The number of nitrogens with one attached hydrogen (secondary N) is 1. The van der Waals surface area contributed by atoms with Gasteiger partial charge in [-0.1, -0.05) is 12.8 Å². The molecule has 2 heterocycles. The van der Waals surface area contributed by atoms with Crippen molar-refractivity contribution in [2.24, 2.45) is 16.8 Å². The van der Waals surface area contributed by atoms with Crippen molar-refractivity contribution in [1.82, 2.24) is 15.2 Å². The molecular formula is C18H31IN4S. The summed E-state index contributed by atoms with van der Waals surface area (Å²) in [5, 5.41) is 6.99. The van der Waals surface area contributed by atoms with Crippen molar-refractivity contribution in [3.8, 4) is 0 Å². The molecule has 6 heteroatoms. The first-order valence-electron chi connectivity index (χ1n) is 9.13. The second-order valence-electron chi connectivity index (χ2n) is 7.02. The number of guanidine groups is 1. The number of hydrogen-bond acceptors (Lipinski definition) is 3. The molecule has 1 aliphatic heterocycles. The van der Waals surface area contributed by atoms with Crippen molar-refractivity contribution in [3.05, 3.63) is 16.1 Å². The molecule has 2 atom stereocenters. The largest absolute Gasteiger partial charge is 0.356 e. The third-order valence-electron chi connectivity index (χ3n) is 5.25. The number of aromatic nitrogens is 1. The number of unbranched alkanes of at least 4 members (excludes halogenated alkanes) is 1. The van der Waals surface area contributed by atoms with Gasteiger partial charge in [-0.2, -0.15) is 0 Å². The van der Waals surface area contributed by atoms with Crippen molar-refractivity contribution in [1.29, 1.82) is 0 Å². The molecule has 0 radical (unpaired) electrons. The van der Waals surface area contributed by atoms with Gasteiger partial charge in [0, 0.05) is 37.8 Å². The maximum absolute atomic E-state index is 4.53. The van der Waals surface area contributed by atoms with Crippen LogP contribution >= 0.6 is 35.3 Å². The first-order valence-corrected chi connectivity index (χ1v) is 10.0. The van der Waals surface area contributed by atoms with Crippen molar-refractivity contribution in [3.63, 3.8) is 0 Å². The number of likely N-dealkylation sites (tertiary alicyclic amines) is 1. The summed E-state index contributed by atoms with van der Waals surface area (Å²) in [5.41, 5.74) is 1.15. The summed E-state index contributed by atoms with van der Waals surface area (Å²) in [5.74, 6) is 2.94. The van der Waals surface area contributed by atoms with Gasteiger partial charge in [0.2, 0.25) is 0 Å². The van der Waals surface area contributed by atoms with Crippen LogP contribution in [0, 0.1) is 18.8 Å². The molecule has 1 saturated heterocycles. The molecule has 0 spiro atoms. The van der Waals surface area contributed by atoms with Crippen molar-refractivity contribution < 1.29 is 0 Å². The molecule has 1 aromatic heterocycles. The van der Waals surface area contributed by atoms with Crippen LogP contribution in [-0.4, -0.2) is 42.5 Å². The summed E-state index contributed by atoms with van der Waals surface area (Å²) in [4.78, 5) is 11.5. The van der Waals surface area contributed by atoms with Crippen LogP contribution in [0.4, 0.5) is 0 Å². The summed E-state index contributed by atoms with van der Waals surface area (Å²) < 4.78 is 0. The predicted molar refractivity (Wildman–Crippen MR) is 114 cm³/mol. The van der Waals surface area contributed by atoms with Gasteiger partial charge in [-0.3, -0.25) is 4.99 Å². The van der Waals surface area contributed by atoms with E-state index < -0.39 is 0 Å². The number of aliphatic imine (C=N–C) groups is 1. The van der Waals surface area contributed by atoms with Gasteiger partial charge in [-0.15, -0.1) is 35.3 Å². The molecular weight excluding hydrogens is 431 g/mol. The summed E-state index contributed by atoms with van der Waals surface area (Å²) in [6, 6.07) is 0. The summed E-state index contributed by atoms with van der Waals surface area (Å²) >= 11 is 1.79. The molecule has 24 heavy (non-hydrogen) atoms. The Hall–Kier alpha value is -0.370. The lowest BCUT2D eigenvalue weighted by molar-refractivity contribution is 0.299. The number of rotatable bonds is 5. The van der Waals surface area contributed by atoms with E-state index in [0.29, 0.717) is 0 Å². The molecule has 1 saturated carbocycles. The minimum Gasteiger partial charge on any atom is -0.356 e. The highest BCUT2D eigenvalue weighted by atomic mass is 127. The van der Waals surface area contributed by atoms with Crippen molar-refractivity contribution >= 4 is 41.3 Å². The third kappa shape index (κ3) is 5.31. The molecule has 136 valence electrons. The molecule has 0 aromatic carbocycles. The van der Waals surface area contributed by atoms with Crippen LogP contribution in [0.25, 0.3) is 0 Å². The smallest absolute Gasteiger partial charge is 0.193 e. The van der Waals surface area contributed by atoms with Gasteiger partial charge in [-0.05, 0) is 50.9 Å². The highest BCUT2D eigenvalue weighted by molar-refractivity contribution is 14.0. The molecule has 1 aliphatic carbocycles.